The maximum absolute atomic E-state index is 11.5. The second-order valence-electron chi connectivity index (χ2n) is 5.14. The molecule has 0 atom stereocenters. The van der Waals surface area contributed by atoms with Crippen LogP contribution in [0.1, 0.15) is 45.4 Å². The number of hydrogen-bond acceptors (Lipinski definition) is 2. The summed E-state index contributed by atoms with van der Waals surface area (Å²) in [6.07, 6.45) is 7.60. The molecule has 3 nitrogen and oxygen atoms in total. The van der Waals surface area contributed by atoms with Gasteiger partial charge in [-0.25, -0.2) is 0 Å². The lowest BCUT2D eigenvalue weighted by Gasteiger charge is -2.41. The molecular formula is C12H22N2O. The van der Waals surface area contributed by atoms with Gasteiger partial charge in [-0.1, -0.05) is 13.3 Å². The molecule has 2 aliphatic rings. The Kier molecular flexibility index (Phi) is 3.29. The van der Waals surface area contributed by atoms with Crippen LogP contribution in [0.25, 0.3) is 0 Å². The maximum atomic E-state index is 11.5. The van der Waals surface area contributed by atoms with Gasteiger partial charge in [-0.15, -0.1) is 0 Å². The van der Waals surface area contributed by atoms with Crippen LogP contribution in [0.15, 0.2) is 0 Å². The quantitative estimate of drug-likeness (QED) is 0.696. The van der Waals surface area contributed by atoms with Gasteiger partial charge >= 0.3 is 0 Å². The lowest BCUT2D eigenvalue weighted by Crippen LogP contribution is -2.44. The number of hydrogen-bond donors (Lipinski definition) is 2. The topological polar surface area (TPSA) is 41.1 Å². The first kappa shape index (κ1) is 10.9. The Morgan fingerprint density at radius 2 is 2.13 bits per heavy atom. The molecule has 15 heavy (non-hydrogen) atoms. The molecule has 0 unspecified atom stereocenters. The van der Waals surface area contributed by atoms with Gasteiger partial charge in [0.2, 0.25) is 5.91 Å². The third-order valence-electron chi connectivity index (χ3n) is 3.95. The highest BCUT2D eigenvalue weighted by Crippen LogP contribution is 2.42. The normalized spacial score (nSPS) is 23.3. The Hall–Kier alpha value is -0.570. The summed E-state index contributed by atoms with van der Waals surface area (Å²) < 4.78 is 0. The van der Waals surface area contributed by atoms with Gasteiger partial charge in [0.05, 0.1) is 6.54 Å². The minimum absolute atomic E-state index is 0.168. The van der Waals surface area contributed by atoms with Crippen molar-refractivity contribution < 1.29 is 4.79 Å². The minimum atomic E-state index is 0.168. The summed E-state index contributed by atoms with van der Waals surface area (Å²) in [7, 11) is 0. The predicted octanol–water partition coefficient (Wildman–Crippen LogP) is 1.43. The zero-order valence-electron chi connectivity index (χ0n) is 9.64. The first-order valence-electron chi connectivity index (χ1n) is 6.24. The van der Waals surface area contributed by atoms with Crippen molar-refractivity contribution in [3.05, 3.63) is 0 Å². The molecule has 2 saturated carbocycles. The molecule has 0 saturated heterocycles. The minimum Gasteiger partial charge on any atom is -0.354 e. The van der Waals surface area contributed by atoms with Crippen molar-refractivity contribution in [1.82, 2.24) is 10.6 Å². The van der Waals surface area contributed by atoms with E-state index < -0.39 is 0 Å². The number of rotatable bonds is 6. The van der Waals surface area contributed by atoms with Crippen molar-refractivity contribution in [2.24, 2.45) is 5.41 Å². The van der Waals surface area contributed by atoms with Gasteiger partial charge in [0.15, 0.2) is 0 Å². The fourth-order valence-corrected chi connectivity index (χ4v) is 2.21. The fourth-order valence-electron chi connectivity index (χ4n) is 2.21. The van der Waals surface area contributed by atoms with Crippen molar-refractivity contribution in [2.75, 3.05) is 13.1 Å². The van der Waals surface area contributed by atoms with Crippen LogP contribution in [-0.2, 0) is 4.79 Å². The predicted molar refractivity (Wildman–Crippen MR) is 60.6 cm³/mol. The maximum Gasteiger partial charge on any atom is 0.233 e. The Labute approximate surface area is 92.0 Å². The lowest BCUT2D eigenvalue weighted by molar-refractivity contribution is -0.121. The van der Waals surface area contributed by atoms with E-state index in [1.165, 1.54) is 38.5 Å². The van der Waals surface area contributed by atoms with E-state index in [1.807, 2.05) is 0 Å². The molecule has 0 aliphatic heterocycles. The molecule has 1 amide bonds. The highest BCUT2D eigenvalue weighted by molar-refractivity contribution is 5.78. The van der Waals surface area contributed by atoms with Crippen LogP contribution in [0.2, 0.25) is 0 Å². The molecule has 2 aliphatic carbocycles. The van der Waals surface area contributed by atoms with Crippen LogP contribution in [-0.4, -0.2) is 25.0 Å². The third-order valence-corrected chi connectivity index (χ3v) is 3.95. The fraction of sp³-hybridized carbons (Fsp3) is 0.917. The first-order valence-corrected chi connectivity index (χ1v) is 6.24. The molecule has 0 heterocycles. The summed E-state index contributed by atoms with van der Waals surface area (Å²) >= 11 is 0. The van der Waals surface area contributed by atoms with E-state index in [-0.39, 0.29) is 5.91 Å². The van der Waals surface area contributed by atoms with E-state index in [0.29, 0.717) is 18.0 Å². The Balaban J connectivity index is 1.60. The number of nitrogens with one attached hydrogen (secondary N) is 2. The van der Waals surface area contributed by atoms with Crippen molar-refractivity contribution in [2.45, 2.75) is 51.5 Å². The average molecular weight is 210 g/mol. The van der Waals surface area contributed by atoms with Gasteiger partial charge in [-0.3, -0.25) is 4.79 Å². The largest absolute Gasteiger partial charge is 0.354 e. The number of amides is 1. The Bertz CT molecular complexity index is 226. The van der Waals surface area contributed by atoms with Crippen molar-refractivity contribution in [3.8, 4) is 0 Å². The zero-order chi connectivity index (χ0) is 10.7. The van der Waals surface area contributed by atoms with E-state index >= 15 is 0 Å². The van der Waals surface area contributed by atoms with Crippen LogP contribution in [0.4, 0.5) is 0 Å². The summed E-state index contributed by atoms with van der Waals surface area (Å²) in [4.78, 5) is 11.5. The molecule has 86 valence electrons. The second-order valence-corrected chi connectivity index (χ2v) is 5.14. The van der Waals surface area contributed by atoms with Crippen molar-refractivity contribution >= 4 is 5.91 Å². The first-order chi connectivity index (χ1) is 7.24. The van der Waals surface area contributed by atoms with Gasteiger partial charge in [-0.2, -0.15) is 0 Å². The molecule has 0 aromatic carbocycles. The summed E-state index contributed by atoms with van der Waals surface area (Å²) in [6.45, 7) is 3.62. The molecule has 2 rings (SSSR count). The highest BCUT2D eigenvalue weighted by Gasteiger charge is 2.35. The molecule has 0 radical (unpaired) electrons. The van der Waals surface area contributed by atoms with Crippen LogP contribution < -0.4 is 10.6 Å². The third kappa shape index (κ3) is 2.94. The average Bonchev–Trinajstić information content (AvgIpc) is 2.97. The van der Waals surface area contributed by atoms with Gasteiger partial charge < -0.3 is 10.6 Å². The van der Waals surface area contributed by atoms with Gasteiger partial charge in [0.1, 0.15) is 0 Å². The molecule has 0 aromatic heterocycles. The van der Waals surface area contributed by atoms with Crippen LogP contribution in [0, 0.1) is 5.41 Å². The summed E-state index contributed by atoms with van der Waals surface area (Å²) in [5.74, 6) is 0.168. The Morgan fingerprint density at radius 3 is 2.60 bits per heavy atom. The molecule has 0 bridgehead atoms. The van der Waals surface area contributed by atoms with Crippen LogP contribution >= 0.6 is 0 Å². The number of carbonyl (C=O) groups excluding carboxylic acids is 1. The van der Waals surface area contributed by atoms with Crippen LogP contribution in [0.3, 0.4) is 0 Å². The Morgan fingerprint density at radius 1 is 1.40 bits per heavy atom. The monoisotopic (exact) mass is 210 g/mol. The van der Waals surface area contributed by atoms with E-state index in [2.05, 4.69) is 17.6 Å². The summed E-state index contributed by atoms with van der Waals surface area (Å²) in [5.41, 5.74) is 0.440. The summed E-state index contributed by atoms with van der Waals surface area (Å²) in [6, 6.07) is 0.625. The van der Waals surface area contributed by atoms with Gasteiger partial charge in [0.25, 0.3) is 0 Å². The second kappa shape index (κ2) is 4.52. The van der Waals surface area contributed by atoms with E-state index in [1.54, 1.807) is 0 Å². The SMILES string of the molecule is CCC1(CNC(=O)CNC2CC2)CCC1. The highest BCUT2D eigenvalue weighted by atomic mass is 16.1. The van der Waals surface area contributed by atoms with Crippen molar-refractivity contribution in [3.63, 3.8) is 0 Å². The van der Waals surface area contributed by atoms with E-state index in [4.69, 9.17) is 0 Å². The zero-order valence-corrected chi connectivity index (χ0v) is 9.64. The van der Waals surface area contributed by atoms with E-state index in [0.717, 1.165) is 6.54 Å². The molecule has 2 fully saturated rings. The van der Waals surface area contributed by atoms with E-state index in [9.17, 15) is 4.79 Å². The molecule has 2 N–H and O–H groups in total. The molecular weight excluding hydrogens is 188 g/mol. The number of carbonyl (C=O) groups is 1. The standard InChI is InChI=1S/C12H22N2O/c1-2-12(6-3-7-12)9-14-11(15)8-13-10-4-5-10/h10,13H,2-9H2,1H3,(H,14,15). The molecule has 0 spiro atoms. The molecule has 3 heteroatoms. The van der Waals surface area contributed by atoms with Crippen LogP contribution in [0.5, 0.6) is 0 Å². The van der Waals surface area contributed by atoms with Gasteiger partial charge in [0, 0.05) is 12.6 Å². The molecule has 0 aromatic rings. The van der Waals surface area contributed by atoms with Crippen molar-refractivity contribution in [1.29, 1.82) is 0 Å². The smallest absolute Gasteiger partial charge is 0.233 e. The van der Waals surface area contributed by atoms with Gasteiger partial charge in [-0.05, 0) is 37.5 Å². The summed E-state index contributed by atoms with van der Waals surface area (Å²) in [5, 5.41) is 6.29. The lowest BCUT2D eigenvalue weighted by atomic mass is 9.67.